The first-order valence-electron chi connectivity index (χ1n) is 6.20. The van der Waals surface area contributed by atoms with Crippen molar-refractivity contribution in [3.8, 4) is 0 Å². The summed E-state index contributed by atoms with van der Waals surface area (Å²) in [6, 6.07) is 4.67. The zero-order valence-corrected chi connectivity index (χ0v) is 11.9. The minimum absolute atomic E-state index is 0.357. The lowest BCUT2D eigenvalue weighted by atomic mass is 9.93. The second-order valence-corrected chi connectivity index (χ2v) is 5.68. The third kappa shape index (κ3) is 5.34. The molecule has 102 valence electrons. The van der Waals surface area contributed by atoms with Gasteiger partial charge in [0.25, 0.3) is 0 Å². The van der Waals surface area contributed by atoms with E-state index in [9.17, 15) is 9.50 Å². The number of benzene rings is 1. The molecule has 1 aromatic rings. The number of rotatable bonds is 6. The molecular weight excluding hydrogens is 253 g/mol. The van der Waals surface area contributed by atoms with Gasteiger partial charge in [-0.2, -0.15) is 0 Å². The highest BCUT2D eigenvalue weighted by molar-refractivity contribution is 6.31. The summed E-state index contributed by atoms with van der Waals surface area (Å²) in [5, 5.41) is 13.9. The number of hydrogen-bond acceptors (Lipinski definition) is 2. The fourth-order valence-electron chi connectivity index (χ4n) is 1.79. The zero-order chi connectivity index (χ0) is 13.8. The van der Waals surface area contributed by atoms with Crippen molar-refractivity contribution in [3.63, 3.8) is 0 Å². The SMILES string of the molecule is CC(C)NCCC(C)(O)Cc1ccc(F)cc1Cl. The van der Waals surface area contributed by atoms with Gasteiger partial charge in [-0.05, 0) is 37.6 Å². The number of hydrogen-bond donors (Lipinski definition) is 2. The fraction of sp³-hybridized carbons (Fsp3) is 0.571. The van der Waals surface area contributed by atoms with Crippen molar-refractivity contribution in [2.24, 2.45) is 0 Å². The van der Waals surface area contributed by atoms with E-state index in [1.54, 1.807) is 13.0 Å². The van der Waals surface area contributed by atoms with Crippen LogP contribution in [0.5, 0.6) is 0 Å². The average Bonchev–Trinajstić information content (AvgIpc) is 2.21. The van der Waals surface area contributed by atoms with Crippen LogP contribution in [0.2, 0.25) is 5.02 Å². The Morgan fingerprint density at radius 3 is 2.67 bits per heavy atom. The molecule has 0 amide bonds. The van der Waals surface area contributed by atoms with Crippen LogP contribution in [-0.2, 0) is 6.42 Å². The summed E-state index contributed by atoms with van der Waals surface area (Å²) in [7, 11) is 0. The second-order valence-electron chi connectivity index (χ2n) is 5.27. The fourth-order valence-corrected chi connectivity index (χ4v) is 2.03. The van der Waals surface area contributed by atoms with Crippen LogP contribution in [0.1, 0.15) is 32.8 Å². The first-order valence-corrected chi connectivity index (χ1v) is 6.58. The quantitative estimate of drug-likeness (QED) is 0.834. The molecular formula is C14H21ClFNO. The van der Waals surface area contributed by atoms with Crippen LogP contribution in [0.15, 0.2) is 18.2 Å². The standard InChI is InChI=1S/C14H21ClFNO/c1-10(2)17-7-6-14(3,18)9-11-4-5-12(16)8-13(11)15/h4-5,8,10,17-18H,6-7,9H2,1-3H3. The maximum absolute atomic E-state index is 12.9. The predicted molar refractivity (Wildman–Crippen MR) is 73.5 cm³/mol. The predicted octanol–water partition coefficient (Wildman–Crippen LogP) is 3.16. The molecule has 1 unspecified atom stereocenters. The molecule has 0 bridgehead atoms. The molecule has 2 nitrogen and oxygen atoms in total. The molecule has 0 radical (unpaired) electrons. The lowest BCUT2D eigenvalue weighted by Gasteiger charge is -2.24. The Morgan fingerprint density at radius 1 is 1.44 bits per heavy atom. The summed E-state index contributed by atoms with van der Waals surface area (Å²) < 4.78 is 12.9. The highest BCUT2D eigenvalue weighted by Gasteiger charge is 2.22. The highest BCUT2D eigenvalue weighted by Crippen LogP contribution is 2.23. The van der Waals surface area contributed by atoms with Gasteiger partial charge in [0, 0.05) is 17.5 Å². The largest absolute Gasteiger partial charge is 0.390 e. The van der Waals surface area contributed by atoms with E-state index in [4.69, 9.17) is 11.6 Å². The van der Waals surface area contributed by atoms with Gasteiger partial charge in [0.1, 0.15) is 5.82 Å². The number of nitrogens with one attached hydrogen (secondary N) is 1. The van der Waals surface area contributed by atoms with E-state index in [1.165, 1.54) is 12.1 Å². The van der Waals surface area contributed by atoms with Crippen molar-refractivity contribution in [3.05, 3.63) is 34.6 Å². The molecule has 18 heavy (non-hydrogen) atoms. The smallest absolute Gasteiger partial charge is 0.124 e. The summed E-state index contributed by atoms with van der Waals surface area (Å²) >= 11 is 5.95. The van der Waals surface area contributed by atoms with Gasteiger partial charge in [-0.25, -0.2) is 4.39 Å². The minimum Gasteiger partial charge on any atom is -0.390 e. The van der Waals surface area contributed by atoms with E-state index >= 15 is 0 Å². The molecule has 0 saturated heterocycles. The average molecular weight is 274 g/mol. The van der Waals surface area contributed by atoms with Crippen molar-refractivity contribution in [2.75, 3.05) is 6.54 Å². The first-order chi connectivity index (χ1) is 8.30. The van der Waals surface area contributed by atoms with Gasteiger partial charge in [0.15, 0.2) is 0 Å². The van der Waals surface area contributed by atoms with Gasteiger partial charge in [-0.15, -0.1) is 0 Å². The van der Waals surface area contributed by atoms with Crippen LogP contribution in [-0.4, -0.2) is 23.3 Å². The molecule has 1 atom stereocenters. The summed E-state index contributed by atoms with van der Waals surface area (Å²) in [5.41, 5.74) is -0.0730. The molecule has 4 heteroatoms. The van der Waals surface area contributed by atoms with Crippen molar-refractivity contribution >= 4 is 11.6 Å². The molecule has 0 saturated carbocycles. The van der Waals surface area contributed by atoms with Gasteiger partial charge >= 0.3 is 0 Å². The van der Waals surface area contributed by atoms with E-state index in [2.05, 4.69) is 19.2 Å². The Kier molecular flexibility index (Phi) is 5.57. The van der Waals surface area contributed by atoms with E-state index in [0.29, 0.717) is 23.9 Å². The number of aliphatic hydroxyl groups is 1. The third-order valence-electron chi connectivity index (χ3n) is 2.80. The molecule has 0 aliphatic carbocycles. The van der Waals surface area contributed by atoms with E-state index in [0.717, 1.165) is 12.1 Å². The Morgan fingerprint density at radius 2 is 2.11 bits per heavy atom. The van der Waals surface area contributed by atoms with Crippen molar-refractivity contribution in [1.82, 2.24) is 5.32 Å². The normalized spacial score (nSPS) is 14.8. The van der Waals surface area contributed by atoms with Crippen molar-refractivity contribution < 1.29 is 9.50 Å². The summed E-state index contributed by atoms with van der Waals surface area (Å²) in [6.07, 6.45) is 1.05. The third-order valence-corrected chi connectivity index (χ3v) is 3.15. The van der Waals surface area contributed by atoms with E-state index < -0.39 is 5.60 Å². The molecule has 0 spiro atoms. The lowest BCUT2D eigenvalue weighted by molar-refractivity contribution is 0.0511. The first kappa shape index (κ1) is 15.4. The Balaban J connectivity index is 2.58. The minimum atomic E-state index is -0.844. The van der Waals surface area contributed by atoms with Gasteiger partial charge in [-0.1, -0.05) is 31.5 Å². The maximum atomic E-state index is 12.9. The summed E-state index contributed by atoms with van der Waals surface area (Å²) in [6.45, 7) is 6.63. The zero-order valence-electron chi connectivity index (χ0n) is 11.1. The molecule has 0 heterocycles. The molecule has 2 N–H and O–H groups in total. The van der Waals surface area contributed by atoms with Crippen molar-refractivity contribution in [1.29, 1.82) is 0 Å². The second kappa shape index (κ2) is 6.50. The van der Waals surface area contributed by atoms with Crippen LogP contribution in [0.25, 0.3) is 0 Å². The monoisotopic (exact) mass is 273 g/mol. The Bertz CT molecular complexity index is 393. The topological polar surface area (TPSA) is 32.3 Å². The molecule has 0 aliphatic rings. The van der Waals surface area contributed by atoms with Crippen LogP contribution >= 0.6 is 11.6 Å². The maximum Gasteiger partial charge on any atom is 0.124 e. The van der Waals surface area contributed by atoms with Gasteiger partial charge < -0.3 is 10.4 Å². The van der Waals surface area contributed by atoms with E-state index in [1.807, 2.05) is 0 Å². The highest BCUT2D eigenvalue weighted by atomic mass is 35.5. The van der Waals surface area contributed by atoms with Gasteiger partial charge in [0.05, 0.1) is 5.60 Å². The van der Waals surface area contributed by atoms with Crippen LogP contribution in [0, 0.1) is 5.82 Å². The Labute approximate surface area is 113 Å². The van der Waals surface area contributed by atoms with E-state index in [-0.39, 0.29) is 5.82 Å². The Hall–Kier alpha value is -0.640. The molecule has 0 fully saturated rings. The molecule has 1 aromatic carbocycles. The number of halogens is 2. The van der Waals surface area contributed by atoms with Crippen LogP contribution < -0.4 is 5.32 Å². The van der Waals surface area contributed by atoms with Crippen molar-refractivity contribution in [2.45, 2.75) is 45.3 Å². The molecule has 0 aliphatic heterocycles. The lowest BCUT2D eigenvalue weighted by Crippen LogP contribution is -2.34. The molecule has 0 aromatic heterocycles. The summed E-state index contributed by atoms with van der Waals surface area (Å²) in [5.74, 6) is -0.357. The van der Waals surface area contributed by atoms with Crippen LogP contribution in [0.4, 0.5) is 4.39 Å². The van der Waals surface area contributed by atoms with Gasteiger partial charge in [0.2, 0.25) is 0 Å². The van der Waals surface area contributed by atoms with Gasteiger partial charge in [-0.3, -0.25) is 0 Å². The summed E-state index contributed by atoms with van der Waals surface area (Å²) in [4.78, 5) is 0. The van der Waals surface area contributed by atoms with Crippen LogP contribution in [0.3, 0.4) is 0 Å². The molecule has 1 rings (SSSR count).